The van der Waals surface area contributed by atoms with Crippen molar-refractivity contribution in [1.82, 2.24) is 14.8 Å². The zero-order valence-corrected chi connectivity index (χ0v) is 21.9. The summed E-state index contributed by atoms with van der Waals surface area (Å²) in [6, 6.07) is 7.05. The summed E-state index contributed by atoms with van der Waals surface area (Å²) in [5.41, 5.74) is 2.01. The summed E-state index contributed by atoms with van der Waals surface area (Å²) in [6.45, 7) is 2.08. The molecule has 3 aromatic rings. The van der Waals surface area contributed by atoms with Crippen molar-refractivity contribution in [3.63, 3.8) is 0 Å². The minimum Gasteiger partial charge on any atom is -0.480 e. The Bertz CT molecular complexity index is 1410. The van der Waals surface area contributed by atoms with Crippen molar-refractivity contribution in [2.45, 2.75) is 37.6 Å². The van der Waals surface area contributed by atoms with Crippen LogP contribution in [0.1, 0.15) is 42.7 Å². The molecule has 6 nitrogen and oxygen atoms in total. The quantitative estimate of drug-likeness (QED) is 0.295. The highest BCUT2D eigenvalue weighted by Crippen LogP contribution is 2.36. The Balaban J connectivity index is 1.17. The molecule has 39 heavy (non-hydrogen) atoms. The molecule has 1 unspecified atom stereocenters. The van der Waals surface area contributed by atoms with Crippen LogP contribution < -0.4 is 0 Å². The van der Waals surface area contributed by atoms with Gasteiger partial charge in [0.05, 0.1) is 0 Å². The van der Waals surface area contributed by atoms with E-state index in [1.54, 1.807) is 4.90 Å². The third kappa shape index (κ3) is 5.70. The lowest BCUT2D eigenvalue weighted by molar-refractivity contribution is -0.147. The first-order valence-electron chi connectivity index (χ1n) is 13.1. The topological polar surface area (TPSA) is 76.6 Å². The Morgan fingerprint density at radius 2 is 1.72 bits per heavy atom. The van der Waals surface area contributed by atoms with E-state index in [4.69, 9.17) is 11.6 Å². The first kappa shape index (κ1) is 27.3. The second kappa shape index (κ2) is 11.4. The number of amides is 1. The maximum absolute atomic E-state index is 13.9. The van der Waals surface area contributed by atoms with E-state index >= 15 is 0 Å². The molecule has 2 aliphatic rings. The van der Waals surface area contributed by atoms with Gasteiger partial charge in [-0.2, -0.15) is 0 Å². The standard InChI is InChI=1S/C29H29ClF3N3O3/c30-20-3-4-21-22(16-34-24(21)15-20)17-7-13-36(14-8-17)28(29(38)39)19-9-11-35(12-10-19)25(37)6-2-18-1-5-23(31)27(33)26(18)32/h1-6,15-17,19,28,34H,7-14H2,(H,38,39). The summed E-state index contributed by atoms with van der Waals surface area (Å²) in [5, 5.41) is 11.9. The molecule has 3 heterocycles. The van der Waals surface area contributed by atoms with Crippen molar-refractivity contribution in [2.75, 3.05) is 26.2 Å². The van der Waals surface area contributed by atoms with Gasteiger partial charge in [-0.3, -0.25) is 14.5 Å². The van der Waals surface area contributed by atoms with E-state index in [1.807, 2.05) is 24.4 Å². The molecule has 2 saturated heterocycles. The minimum atomic E-state index is -1.58. The number of nitrogens with one attached hydrogen (secondary N) is 1. The van der Waals surface area contributed by atoms with Crippen molar-refractivity contribution in [2.24, 2.45) is 5.92 Å². The van der Waals surface area contributed by atoms with Gasteiger partial charge in [-0.15, -0.1) is 0 Å². The van der Waals surface area contributed by atoms with Crippen LogP contribution in [-0.2, 0) is 9.59 Å². The Kier molecular flexibility index (Phi) is 8.00. The van der Waals surface area contributed by atoms with E-state index in [-0.39, 0.29) is 17.4 Å². The number of rotatable bonds is 6. The number of piperidine rings is 2. The highest BCUT2D eigenvalue weighted by atomic mass is 35.5. The van der Waals surface area contributed by atoms with Crippen LogP contribution in [0.3, 0.4) is 0 Å². The van der Waals surface area contributed by atoms with Gasteiger partial charge in [-0.05, 0) is 86.5 Å². The Labute approximate surface area is 229 Å². The smallest absolute Gasteiger partial charge is 0.321 e. The molecule has 5 rings (SSSR count). The Hall–Kier alpha value is -3.30. The number of aliphatic carboxylic acids is 1. The molecule has 0 saturated carbocycles. The molecule has 2 fully saturated rings. The van der Waals surface area contributed by atoms with Gasteiger partial charge in [0.25, 0.3) is 0 Å². The lowest BCUT2D eigenvalue weighted by atomic mass is 9.84. The van der Waals surface area contributed by atoms with Crippen LogP contribution in [0.25, 0.3) is 17.0 Å². The van der Waals surface area contributed by atoms with Gasteiger partial charge in [0.2, 0.25) is 5.91 Å². The van der Waals surface area contributed by atoms with E-state index < -0.39 is 29.5 Å². The van der Waals surface area contributed by atoms with Gasteiger partial charge < -0.3 is 15.0 Å². The number of hydrogen-bond acceptors (Lipinski definition) is 3. The zero-order valence-electron chi connectivity index (χ0n) is 21.2. The fourth-order valence-electron chi connectivity index (χ4n) is 5.97. The lowest BCUT2D eigenvalue weighted by Crippen LogP contribution is -2.52. The first-order valence-corrected chi connectivity index (χ1v) is 13.4. The number of aromatic nitrogens is 1. The Morgan fingerprint density at radius 3 is 2.41 bits per heavy atom. The van der Waals surface area contributed by atoms with Crippen LogP contribution in [0.15, 0.2) is 42.6 Å². The van der Waals surface area contributed by atoms with Crippen LogP contribution in [0.4, 0.5) is 13.2 Å². The maximum Gasteiger partial charge on any atom is 0.321 e. The van der Waals surface area contributed by atoms with Crippen molar-refractivity contribution >= 4 is 40.5 Å². The van der Waals surface area contributed by atoms with Crippen molar-refractivity contribution in [3.05, 3.63) is 76.2 Å². The van der Waals surface area contributed by atoms with Gasteiger partial charge in [-0.1, -0.05) is 17.7 Å². The summed E-state index contributed by atoms with van der Waals surface area (Å²) in [6.07, 6.45) is 7.04. The van der Waals surface area contributed by atoms with Crippen molar-refractivity contribution in [3.8, 4) is 0 Å². The minimum absolute atomic E-state index is 0.106. The van der Waals surface area contributed by atoms with E-state index in [9.17, 15) is 27.9 Å². The van der Waals surface area contributed by atoms with E-state index in [0.717, 1.165) is 48.0 Å². The summed E-state index contributed by atoms with van der Waals surface area (Å²) in [5.74, 6) is -5.24. The first-order chi connectivity index (χ1) is 18.7. The Morgan fingerprint density at radius 1 is 1.00 bits per heavy atom. The molecule has 0 radical (unpaired) electrons. The second-order valence-electron chi connectivity index (χ2n) is 10.3. The van der Waals surface area contributed by atoms with Gasteiger partial charge in [0.15, 0.2) is 17.5 Å². The lowest BCUT2D eigenvalue weighted by Gasteiger charge is -2.41. The molecule has 10 heteroatoms. The zero-order chi connectivity index (χ0) is 27.7. The number of carbonyl (C=O) groups is 2. The highest BCUT2D eigenvalue weighted by Gasteiger charge is 2.38. The molecule has 2 aliphatic heterocycles. The molecular formula is C29H29ClF3N3O3. The number of hydrogen-bond donors (Lipinski definition) is 2. The molecule has 1 atom stereocenters. The second-order valence-corrected chi connectivity index (χ2v) is 10.7. The molecule has 0 spiro atoms. The number of aromatic amines is 1. The fourth-order valence-corrected chi connectivity index (χ4v) is 6.15. The SMILES string of the molecule is O=C(O)C(C1CCN(C(=O)C=Cc2ccc(F)c(F)c2F)CC1)N1CCC(c2c[nH]c3cc(Cl)ccc23)CC1. The van der Waals surface area contributed by atoms with E-state index in [0.29, 0.717) is 50.0 Å². The monoisotopic (exact) mass is 559 g/mol. The maximum atomic E-state index is 13.9. The molecule has 0 bridgehead atoms. The number of H-pyrrole nitrogens is 1. The molecular weight excluding hydrogens is 531 g/mol. The molecule has 0 aliphatic carbocycles. The molecule has 2 aromatic carbocycles. The van der Waals surface area contributed by atoms with Gasteiger partial charge in [0, 0.05) is 46.9 Å². The number of carboxylic acids is 1. The van der Waals surface area contributed by atoms with Crippen LogP contribution in [0, 0.1) is 23.4 Å². The number of fused-ring (bicyclic) bond motifs is 1. The number of carboxylic acid groups (broad SMARTS) is 1. The van der Waals surface area contributed by atoms with Gasteiger partial charge in [-0.25, -0.2) is 13.2 Å². The predicted molar refractivity (Wildman–Crippen MR) is 143 cm³/mol. The average Bonchev–Trinajstić information content (AvgIpc) is 3.35. The predicted octanol–water partition coefficient (Wildman–Crippen LogP) is 5.82. The third-order valence-corrected chi connectivity index (χ3v) is 8.30. The van der Waals surface area contributed by atoms with Crippen molar-refractivity contribution < 1.29 is 27.9 Å². The summed E-state index contributed by atoms with van der Waals surface area (Å²) < 4.78 is 40.4. The largest absolute Gasteiger partial charge is 0.480 e. The fraction of sp³-hybridized carbons (Fsp3) is 0.379. The molecule has 2 N–H and O–H groups in total. The van der Waals surface area contributed by atoms with Crippen LogP contribution in [0.5, 0.6) is 0 Å². The molecule has 1 aromatic heterocycles. The summed E-state index contributed by atoms with van der Waals surface area (Å²) in [7, 11) is 0. The van der Waals surface area contributed by atoms with E-state index in [1.165, 1.54) is 5.56 Å². The molecule has 1 amide bonds. The van der Waals surface area contributed by atoms with Crippen LogP contribution in [0.2, 0.25) is 5.02 Å². The molecule has 206 valence electrons. The van der Waals surface area contributed by atoms with Crippen molar-refractivity contribution in [1.29, 1.82) is 0 Å². The van der Waals surface area contributed by atoms with Gasteiger partial charge >= 0.3 is 5.97 Å². The average molecular weight is 560 g/mol. The summed E-state index contributed by atoms with van der Waals surface area (Å²) >= 11 is 6.11. The third-order valence-electron chi connectivity index (χ3n) is 8.06. The highest BCUT2D eigenvalue weighted by molar-refractivity contribution is 6.31. The normalized spacial score (nSPS) is 18.7. The number of halogens is 4. The summed E-state index contributed by atoms with van der Waals surface area (Å²) in [4.78, 5) is 31.9. The number of benzene rings is 2. The van der Waals surface area contributed by atoms with Crippen LogP contribution in [-0.4, -0.2) is 64.0 Å². The van der Waals surface area contributed by atoms with E-state index in [2.05, 4.69) is 9.88 Å². The van der Waals surface area contributed by atoms with Gasteiger partial charge in [0.1, 0.15) is 6.04 Å². The number of carbonyl (C=O) groups excluding carboxylic acids is 1. The van der Waals surface area contributed by atoms with Crippen LogP contribution >= 0.6 is 11.6 Å². The number of nitrogens with zero attached hydrogens (tertiary/aromatic N) is 2. The number of likely N-dealkylation sites (tertiary alicyclic amines) is 2.